The summed E-state index contributed by atoms with van der Waals surface area (Å²) in [6.07, 6.45) is 1.67. The number of nitrogens with zero attached hydrogens (tertiary/aromatic N) is 1. The predicted octanol–water partition coefficient (Wildman–Crippen LogP) is 0.0863. The minimum Gasteiger partial charge on any atom is -0.480 e. The van der Waals surface area contributed by atoms with Crippen LogP contribution in [0, 0.1) is 6.92 Å². The third kappa shape index (κ3) is 4.68. The molecule has 0 aliphatic rings. The fourth-order valence-electron chi connectivity index (χ4n) is 1.23. The topological polar surface area (TPSA) is 112 Å². The number of amides is 2. The van der Waals surface area contributed by atoms with Crippen LogP contribution in [0.2, 0.25) is 0 Å². The van der Waals surface area contributed by atoms with Crippen molar-refractivity contribution in [2.45, 2.75) is 25.9 Å². The second-order valence-electron chi connectivity index (χ2n) is 3.59. The van der Waals surface area contributed by atoms with Crippen LogP contribution in [-0.4, -0.2) is 39.8 Å². The molecule has 8 heteroatoms. The van der Waals surface area contributed by atoms with Gasteiger partial charge in [0.1, 0.15) is 11.0 Å². The molecule has 0 fully saturated rings. The number of hydrogen-bond acceptors (Lipinski definition) is 5. The van der Waals surface area contributed by atoms with Gasteiger partial charge in [-0.3, -0.25) is 0 Å². The summed E-state index contributed by atoms with van der Waals surface area (Å²) >= 11 is 1.46. The van der Waals surface area contributed by atoms with E-state index in [1.807, 2.05) is 6.92 Å². The summed E-state index contributed by atoms with van der Waals surface area (Å²) in [5.41, 5.74) is 0. The zero-order chi connectivity index (χ0) is 13.5. The summed E-state index contributed by atoms with van der Waals surface area (Å²) < 4.78 is 0. The second-order valence-corrected chi connectivity index (χ2v) is 4.91. The number of aromatic nitrogens is 1. The van der Waals surface area contributed by atoms with Gasteiger partial charge in [0.15, 0.2) is 0 Å². The van der Waals surface area contributed by atoms with Crippen LogP contribution in [0.4, 0.5) is 4.79 Å². The minimum absolute atomic E-state index is 0.0287. The molecule has 7 nitrogen and oxygen atoms in total. The Morgan fingerprint density at radius 3 is 2.78 bits per heavy atom. The standard InChI is InChI=1S/C10H15N3O4S/c1-6-4-11-8(18-6)5-12-10(17)13-7(2-3-14)9(15)16/h4,7,14H,2-3,5H2,1H3,(H,15,16)(H2,12,13,17)/t7-/m1/s1. The first-order valence-corrected chi connectivity index (χ1v) is 6.14. The number of urea groups is 1. The quantitative estimate of drug-likeness (QED) is 0.587. The van der Waals surface area contributed by atoms with Crippen molar-refractivity contribution in [1.29, 1.82) is 0 Å². The SMILES string of the molecule is Cc1cnc(CNC(=O)N[C@H](CCO)C(=O)O)s1. The van der Waals surface area contributed by atoms with Crippen molar-refractivity contribution in [3.63, 3.8) is 0 Å². The van der Waals surface area contributed by atoms with Gasteiger partial charge in [-0.15, -0.1) is 11.3 Å². The lowest BCUT2D eigenvalue weighted by atomic mass is 10.2. The van der Waals surface area contributed by atoms with E-state index < -0.39 is 18.0 Å². The van der Waals surface area contributed by atoms with E-state index >= 15 is 0 Å². The van der Waals surface area contributed by atoms with Crippen molar-refractivity contribution in [2.24, 2.45) is 0 Å². The smallest absolute Gasteiger partial charge is 0.326 e. The molecule has 100 valence electrons. The van der Waals surface area contributed by atoms with Crippen molar-refractivity contribution < 1.29 is 19.8 Å². The van der Waals surface area contributed by atoms with Crippen molar-refractivity contribution in [1.82, 2.24) is 15.6 Å². The molecule has 0 radical (unpaired) electrons. The largest absolute Gasteiger partial charge is 0.480 e. The summed E-state index contributed by atoms with van der Waals surface area (Å²) in [6, 6.07) is -1.68. The summed E-state index contributed by atoms with van der Waals surface area (Å²) in [5, 5.41) is 23.0. The fraction of sp³-hybridized carbons (Fsp3) is 0.500. The number of aliphatic carboxylic acids is 1. The number of thiazole rings is 1. The number of aliphatic hydroxyl groups excluding tert-OH is 1. The highest BCUT2D eigenvalue weighted by Gasteiger charge is 2.18. The Bertz CT molecular complexity index is 421. The zero-order valence-electron chi connectivity index (χ0n) is 9.84. The Labute approximate surface area is 108 Å². The molecule has 0 saturated carbocycles. The molecule has 2 amide bonds. The predicted molar refractivity (Wildman–Crippen MR) is 65.3 cm³/mol. The highest BCUT2D eigenvalue weighted by molar-refractivity contribution is 7.11. The lowest BCUT2D eigenvalue weighted by Gasteiger charge is -2.13. The Morgan fingerprint density at radius 2 is 2.28 bits per heavy atom. The number of rotatable bonds is 6. The van der Waals surface area contributed by atoms with E-state index in [1.165, 1.54) is 11.3 Å². The minimum atomic E-state index is -1.18. The van der Waals surface area contributed by atoms with Crippen LogP contribution >= 0.6 is 11.3 Å². The number of aliphatic hydroxyl groups is 1. The van der Waals surface area contributed by atoms with E-state index in [1.54, 1.807) is 6.20 Å². The maximum Gasteiger partial charge on any atom is 0.326 e. The lowest BCUT2D eigenvalue weighted by molar-refractivity contribution is -0.139. The van der Waals surface area contributed by atoms with Crippen LogP contribution in [0.25, 0.3) is 0 Å². The van der Waals surface area contributed by atoms with Crippen LogP contribution in [0.15, 0.2) is 6.20 Å². The molecule has 18 heavy (non-hydrogen) atoms. The number of carbonyl (C=O) groups excluding carboxylic acids is 1. The highest BCUT2D eigenvalue weighted by atomic mass is 32.1. The van der Waals surface area contributed by atoms with Gasteiger partial charge in [-0.2, -0.15) is 0 Å². The first-order valence-electron chi connectivity index (χ1n) is 5.32. The van der Waals surface area contributed by atoms with Gasteiger partial charge < -0.3 is 20.8 Å². The van der Waals surface area contributed by atoms with E-state index in [0.29, 0.717) is 0 Å². The molecule has 0 bridgehead atoms. The van der Waals surface area contributed by atoms with E-state index in [0.717, 1.165) is 9.88 Å². The molecule has 4 N–H and O–H groups in total. The first kappa shape index (κ1) is 14.4. The Hall–Kier alpha value is -1.67. The van der Waals surface area contributed by atoms with E-state index in [2.05, 4.69) is 15.6 Å². The van der Waals surface area contributed by atoms with E-state index in [4.69, 9.17) is 10.2 Å². The van der Waals surface area contributed by atoms with Crippen molar-refractivity contribution in [3.05, 3.63) is 16.1 Å². The molecule has 0 aromatic carbocycles. The van der Waals surface area contributed by atoms with Gasteiger partial charge in [0.2, 0.25) is 0 Å². The summed E-state index contributed by atoms with van der Waals surface area (Å²) in [4.78, 5) is 27.3. The molecule has 1 rings (SSSR count). The van der Waals surface area contributed by atoms with Gasteiger partial charge in [0.25, 0.3) is 0 Å². The fourth-order valence-corrected chi connectivity index (χ4v) is 1.96. The van der Waals surface area contributed by atoms with Gasteiger partial charge >= 0.3 is 12.0 Å². The third-order valence-corrected chi connectivity index (χ3v) is 3.00. The third-order valence-electron chi connectivity index (χ3n) is 2.09. The van der Waals surface area contributed by atoms with Gasteiger partial charge in [-0.25, -0.2) is 14.6 Å². The molecule has 0 unspecified atom stereocenters. The van der Waals surface area contributed by atoms with Crippen LogP contribution in [0.5, 0.6) is 0 Å². The van der Waals surface area contributed by atoms with Crippen molar-refractivity contribution >= 4 is 23.3 Å². The molecular weight excluding hydrogens is 258 g/mol. The number of nitrogens with one attached hydrogen (secondary N) is 2. The number of hydrogen-bond donors (Lipinski definition) is 4. The van der Waals surface area contributed by atoms with Crippen LogP contribution in [0.1, 0.15) is 16.3 Å². The average Bonchev–Trinajstić information content (AvgIpc) is 2.72. The summed E-state index contributed by atoms with van der Waals surface area (Å²) in [5.74, 6) is -1.18. The van der Waals surface area contributed by atoms with Crippen LogP contribution < -0.4 is 10.6 Å². The van der Waals surface area contributed by atoms with Gasteiger partial charge in [0, 0.05) is 24.1 Å². The maximum absolute atomic E-state index is 11.4. The molecule has 0 spiro atoms. The zero-order valence-corrected chi connectivity index (χ0v) is 10.7. The van der Waals surface area contributed by atoms with E-state index in [-0.39, 0.29) is 19.6 Å². The summed E-state index contributed by atoms with van der Waals surface area (Å²) in [6.45, 7) is 1.85. The molecule has 1 aromatic rings. The van der Waals surface area contributed by atoms with Crippen LogP contribution in [0.3, 0.4) is 0 Å². The molecule has 1 heterocycles. The molecule has 0 aliphatic carbocycles. The number of carboxylic acid groups (broad SMARTS) is 1. The van der Waals surface area contributed by atoms with Crippen molar-refractivity contribution in [2.75, 3.05) is 6.61 Å². The van der Waals surface area contributed by atoms with E-state index in [9.17, 15) is 9.59 Å². The highest BCUT2D eigenvalue weighted by Crippen LogP contribution is 2.10. The first-order chi connectivity index (χ1) is 8.52. The average molecular weight is 273 g/mol. The molecule has 0 saturated heterocycles. The van der Waals surface area contributed by atoms with Gasteiger partial charge in [0.05, 0.1) is 6.54 Å². The number of carbonyl (C=O) groups is 2. The Kier molecular flexibility index (Phi) is 5.53. The maximum atomic E-state index is 11.4. The van der Waals surface area contributed by atoms with Gasteiger partial charge in [-0.05, 0) is 6.92 Å². The number of carboxylic acids is 1. The molecule has 1 aromatic heterocycles. The normalized spacial score (nSPS) is 11.9. The number of aryl methyl sites for hydroxylation is 1. The summed E-state index contributed by atoms with van der Waals surface area (Å²) in [7, 11) is 0. The van der Waals surface area contributed by atoms with Crippen molar-refractivity contribution in [3.8, 4) is 0 Å². The second kappa shape index (κ2) is 6.92. The van der Waals surface area contributed by atoms with Crippen LogP contribution in [-0.2, 0) is 11.3 Å². The Balaban J connectivity index is 2.38. The Morgan fingerprint density at radius 1 is 1.56 bits per heavy atom. The lowest BCUT2D eigenvalue weighted by Crippen LogP contribution is -2.46. The molecule has 1 atom stereocenters. The van der Waals surface area contributed by atoms with Gasteiger partial charge in [-0.1, -0.05) is 0 Å². The monoisotopic (exact) mass is 273 g/mol. The molecule has 0 aliphatic heterocycles. The molecular formula is C10H15N3O4S.